The van der Waals surface area contributed by atoms with Crippen molar-refractivity contribution in [2.45, 2.75) is 19.9 Å². The Balaban J connectivity index is 2.20. The molecule has 1 aromatic rings. The van der Waals surface area contributed by atoms with Gasteiger partial charge in [0.2, 0.25) is 0 Å². The van der Waals surface area contributed by atoms with Crippen LogP contribution in [0.3, 0.4) is 0 Å². The van der Waals surface area contributed by atoms with Crippen LogP contribution in [-0.2, 0) is 6.54 Å². The van der Waals surface area contributed by atoms with E-state index in [0.29, 0.717) is 6.54 Å². The molecule has 0 unspecified atom stereocenters. The van der Waals surface area contributed by atoms with Gasteiger partial charge in [0.05, 0.1) is 0 Å². The molecular formula is C12H19N3S. The first kappa shape index (κ1) is 11.7. The van der Waals surface area contributed by atoms with Gasteiger partial charge in [-0.15, -0.1) is 0 Å². The van der Waals surface area contributed by atoms with Gasteiger partial charge in [-0.3, -0.25) is 0 Å². The third-order valence-corrected chi connectivity index (χ3v) is 3.83. The van der Waals surface area contributed by atoms with E-state index >= 15 is 0 Å². The van der Waals surface area contributed by atoms with E-state index in [1.54, 1.807) is 0 Å². The van der Waals surface area contributed by atoms with E-state index in [-0.39, 0.29) is 0 Å². The van der Waals surface area contributed by atoms with Crippen LogP contribution in [0.2, 0.25) is 0 Å². The van der Waals surface area contributed by atoms with Gasteiger partial charge in [-0.1, -0.05) is 0 Å². The highest BCUT2D eigenvalue weighted by Crippen LogP contribution is 2.19. The van der Waals surface area contributed by atoms with Gasteiger partial charge in [0.25, 0.3) is 0 Å². The van der Waals surface area contributed by atoms with Gasteiger partial charge in [0, 0.05) is 31.1 Å². The second-order valence-electron chi connectivity index (χ2n) is 4.13. The van der Waals surface area contributed by atoms with Crippen LogP contribution < -0.4 is 10.6 Å². The fourth-order valence-electron chi connectivity index (χ4n) is 1.98. The number of pyridine rings is 1. The lowest BCUT2D eigenvalue weighted by Crippen LogP contribution is -2.26. The van der Waals surface area contributed by atoms with Crippen molar-refractivity contribution in [2.24, 2.45) is 5.73 Å². The Hall–Kier alpha value is -0.740. The zero-order valence-electron chi connectivity index (χ0n) is 9.78. The number of hydrogen-bond donors (Lipinski definition) is 1. The fourth-order valence-corrected chi connectivity index (χ4v) is 2.86. The van der Waals surface area contributed by atoms with Crippen LogP contribution in [0.15, 0.2) is 12.1 Å². The molecule has 0 bridgehead atoms. The molecule has 0 radical (unpaired) electrons. The average molecular weight is 237 g/mol. The summed E-state index contributed by atoms with van der Waals surface area (Å²) >= 11 is 2.03. The largest absolute Gasteiger partial charge is 0.356 e. The van der Waals surface area contributed by atoms with E-state index in [4.69, 9.17) is 5.73 Å². The molecule has 1 saturated heterocycles. The van der Waals surface area contributed by atoms with Crippen LogP contribution in [-0.4, -0.2) is 29.6 Å². The molecule has 1 aliphatic rings. The fraction of sp³-hybridized carbons (Fsp3) is 0.583. The molecule has 1 aliphatic heterocycles. The monoisotopic (exact) mass is 237 g/mol. The second-order valence-corrected chi connectivity index (χ2v) is 5.36. The number of hydrogen-bond acceptors (Lipinski definition) is 4. The summed E-state index contributed by atoms with van der Waals surface area (Å²) in [6, 6.07) is 4.19. The molecule has 0 saturated carbocycles. The highest BCUT2D eigenvalue weighted by atomic mass is 32.2. The summed E-state index contributed by atoms with van der Waals surface area (Å²) in [5, 5.41) is 0. The van der Waals surface area contributed by atoms with E-state index < -0.39 is 0 Å². The van der Waals surface area contributed by atoms with Gasteiger partial charge in [-0.25, -0.2) is 4.98 Å². The van der Waals surface area contributed by atoms with Crippen molar-refractivity contribution >= 4 is 17.6 Å². The molecule has 3 nitrogen and oxygen atoms in total. The standard InChI is InChI=1S/C12H19N3S/c1-10-7-11(9-13)8-12(14-10)15-3-2-5-16-6-4-15/h7-8H,2-6,9,13H2,1H3. The predicted octanol–water partition coefficient (Wildman–Crippen LogP) is 1.79. The Morgan fingerprint density at radius 3 is 3.06 bits per heavy atom. The highest BCUT2D eigenvalue weighted by molar-refractivity contribution is 7.99. The molecule has 0 spiro atoms. The summed E-state index contributed by atoms with van der Waals surface area (Å²) < 4.78 is 0. The van der Waals surface area contributed by atoms with Crippen molar-refractivity contribution < 1.29 is 0 Å². The van der Waals surface area contributed by atoms with Crippen molar-refractivity contribution in [1.82, 2.24) is 4.98 Å². The lowest BCUT2D eigenvalue weighted by molar-refractivity contribution is 0.796. The molecule has 1 fully saturated rings. The molecule has 2 heterocycles. The van der Waals surface area contributed by atoms with Gasteiger partial charge in [-0.05, 0) is 36.8 Å². The summed E-state index contributed by atoms with van der Waals surface area (Å²) in [5.74, 6) is 3.57. The highest BCUT2D eigenvalue weighted by Gasteiger charge is 2.11. The van der Waals surface area contributed by atoms with Gasteiger partial charge < -0.3 is 10.6 Å². The van der Waals surface area contributed by atoms with Crippen molar-refractivity contribution in [3.05, 3.63) is 23.4 Å². The molecule has 1 aromatic heterocycles. The van der Waals surface area contributed by atoms with E-state index in [1.165, 1.54) is 23.5 Å². The smallest absolute Gasteiger partial charge is 0.129 e. The first-order valence-corrected chi connectivity index (χ1v) is 6.95. The normalized spacial score (nSPS) is 17.2. The lowest BCUT2D eigenvalue weighted by atomic mass is 10.2. The summed E-state index contributed by atoms with van der Waals surface area (Å²) in [5.41, 5.74) is 7.94. The number of nitrogens with zero attached hydrogens (tertiary/aromatic N) is 2. The maximum absolute atomic E-state index is 5.70. The molecular weight excluding hydrogens is 218 g/mol. The van der Waals surface area contributed by atoms with Crippen LogP contribution in [0.5, 0.6) is 0 Å². The number of rotatable bonds is 2. The minimum atomic E-state index is 0.596. The Morgan fingerprint density at radius 2 is 2.25 bits per heavy atom. The Labute approximate surface area is 101 Å². The van der Waals surface area contributed by atoms with Crippen molar-refractivity contribution in [3.8, 4) is 0 Å². The summed E-state index contributed by atoms with van der Waals surface area (Å²) in [4.78, 5) is 6.99. The molecule has 16 heavy (non-hydrogen) atoms. The average Bonchev–Trinajstić information content (AvgIpc) is 2.56. The number of nitrogens with two attached hydrogens (primary N) is 1. The molecule has 0 amide bonds. The van der Waals surface area contributed by atoms with Crippen molar-refractivity contribution in [3.63, 3.8) is 0 Å². The van der Waals surface area contributed by atoms with Crippen LogP contribution >= 0.6 is 11.8 Å². The molecule has 0 atom stereocenters. The van der Waals surface area contributed by atoms with Crippen LogP contribution in [0.1, 0.15) is 17.7 Å². The first-order valence-electron chi connectivity index (χ1n) is 5.80. The molecule has 88 valence electrons. The van der Waals surface area contributed by atoms with Crippen molar-refractivity contribution in [1.29, 1.82) is 0 Å². The minimum Gasteiger partial charge on any atom is -0.356 e. The number of aryl methyl sites for hydroxylation is 1. The zero-order chi connectivity index (χ0) is 11.4. The quantitative estimate of drug-likeness (QED) is 0.851. The lowest BCUT2D eigenvalue weighted by Gasteiger charge is -2.22. The summed E-state index contributed by atoms with van der Waals surface area (Å²) in [6.07, 6.45) is 1.25. The van der Waals surface area contributed by atoms with Gasteiger partial charge in [0.1, 0.15) is 5.82 Å². The van der Waals surface area contributed by atoms with Gasteiger partial charge in [0.15, 0.2) is 0 Å². The van der Waals surface area contributed by atoms with E-state index in [1.807, 2.05) is 18.7 Å². The number of anilines is 1. The minimum absolute atomic E-state index is 0.596. The van der Waals surface area contributed by atoms with E-state index in [2.05, 4.69) is 22.0 Å². The maximum Gasteiger partial charge on any atom is 0.129 e. The van der Waals surface area contributed by atoms with E-state index in [0.717, 1.165) is 24.6 Å². The Kier molecular flexibility index (Phi) is 4.07. The van der Waals surface area contributed by atoms with Crippen LogP contribution in [0.25, 0.3) is 0 Å². The SMILES string of the molecule is Cc1cc(CN)cc(N2CCCSCC2)n1. The Morgan fingerprint density at radius 1 is 1.38 bits per heavy atom. The third-order valence-electron chi connectivity index (χ3n) is 2.78. The Bertz CT molecular complexity index is 346. The molecule has 2 rings (SSSR count). The van der Waals surface area contributed by atoms with Crippen LogP contribution in [0.4, 0.5) is 5.82 Å². The second kappa shape index (κ2) is 5.55. The molecule has 4 heteroatoms. The predicted molar refractivity (Wildman–Crippen MR) is 71.0 cm³/mol. The summed E-state index contributed by atoms with van der Waals surface area (Å²) in [6.45, 7) is 4.85. The number of thioether (sulfide) groups is 1. The van der Waals surface area contributed by atoms with Crippen molar-refractivity contribution in [2.75, 3.05) is 29.5 Å². The maximum atomic E-state index is 5.70. The van der Waals surface area contributed by atoms with Crippen LogP contribution in [0, 0.1) is 6.92 Å². The third kappa shape index (κ3) is 2.89. The topological polar surface area (TPSA) is 42.1 Å². The first-order chi connectivity index (χ1) is 7.79. The number of aromatic nitrogens is 1. The zero-order valence-corrected chi connectivity index (χ0v) is 10.6. The van der Waals surface area contributed by atoms with Gasteiger partial charge in [-0.2, -0.15) is 11.8 Å². The molecule has 0 aromatic carbocycles. The molecule has 0 aliphatic carbocycles. The summed E-state index contributed by atoms with van der Waals surface area (Å²) in [7, 11) is 0. The molecule has 2 N–H and O–H groups in total. The van der Waals surface area contributed by atoms with Gasteiger partial charge >= 0.3 is 0 Å². The van der Waals surface area contributed by atoms with E-state index in [9.17, 15) is 0 Å².